The number of primary amides is 1. The van der Waals surface area contributed by atoms with E-state index in [0.717, 1.165) is 39.0 Å². The molecule has 18 nitrogen and oxygen atoms in total. The summed E-state index contributed by atoms with van der Waals surface area (Å²) in [5.41, 5.74) is 11.0. The van der Waals surface area contributed by atoms with Gasteiger partial charge in [-0.1, -0.05) is 74.4 Å². The lowest BCUT2D eigenvalue weighted by Crippen LogP contribution is -2.24. The number of nitrogens with two attached hydrogens (primary N) is 1. The zero-order valence-electron chi connectivity index (χ0n) is 43.1. The zero-order valence-corrected chi connectivity index (χ0v) is 45.5. The van der Waals surface area contributed by atoms with Gasteiger partial charge >= 0.3 is 0 Å². The summed E-state index contributed by atoms with van der Waals surface area (Å²) in [7, 11) is 2.64. The van der Waals surface area contributed by atoms with E-state index >= 15 is 0 Å². The van der Waals surface area contributed by atoms with E-state index in [4.69, 9.17) is 41.5 Å². The van der Waals surface area contributed by atoms with E-state index in [1.165, 1.54) is 11.9 Å². The van der Waals surface area contributed by atoms with E-state index in [1.54, 1.807) is 83.8 Å². The zero-order chi connectivity index (χ0) is 54.2. The Bertz CT molecular complexity index is 3150. The van der Waals surface area contributed by atoms with Crippen LogP contribution in [0.25, 0.3) is 22.1 Å². The molecule has 0 unspecified atom stereocenters. The van der Waals surface area contributed by atoms with Gasteiger partial charge in [-0.25, -0.2) is 28.4 Å². The van der Waals surface area contributed by atoms with Crippen LogP contribution in [0.3, 0.4) is 0 Å². The number of nitrogens with zero attached hydrogens (tertiary/aromatic N) is 4. The number of rotatable bonds is 19. The lowest BCUT2D eigenvalue weighted by Gasteiger charge is -2.15. The number of carbonyl (C=O) groups excluding carboxylic acids is 2. The first-order valence-corrected chi connectivity index (χ1v) is 26.0. The van der Waals surface area contributed by atoms with E-state index in [-0.39, 0.29) is 30.0 Å². The summed E-state index contributed by atoms with van der Waals surface area (Å²) >= 11 is 7.67. The Morgan fingerprint density at radius 2 is 1.24 bits per heavy atom. The summed E-state index contributed by atoms with van der Waals surface area (Å²) in [6, 6.07) is 33.0. The summed E-state index contributed by atoms with van der Waals surface area (Å²) in [5.74, 6) is 2.95. The number of aromatic nitrogens is 4. The molecule has 8 N–H and O–H groups in total. The molecular formula is C53H64ClN11O7S2. The van der Waals surface area contributed by atoms with Crippen molar-refractivity contribution in [1.29, 1.82) is 0 Å². The third-order valence-corrected chi connectivity index (χ3v) is 11.8. The number of anilines is 7. The second kappa shape index (κ2) is 29.8. The van der Waals surface area contributed by atoms with Crippen molar-refractivity contribution in [1.82, 2.24) is 25.3 Å². The van der Waals surface area contributed by atoms with Gasteiger partial charge in [-0.2, -0.15) is 0 Å². The molecule has 2 amide bonds. The van der Waals surface area contributed by atoms with Gasteiger partial charge in [0, 0.05) is 47.0 Å². The summed E-state index contributed by atoms with van der Waals surface area (Å²) in [4.78, 5) is 41.2. The molecule has 0 saturated carbocycles. The molecule has 5 aromatic carbocycles. The monoisotopic (exact) mass is 1070 g/mol. The maximum atomic E-state index is 12.7. The number of para-hydroxylation sites is 4. The molecule has 0 aliphatic carbocycles. The molecule has 0 bridgehead atoms. The van der Waals surface area contributed by atoms with E-state index in [2.05, 4.69) is 40.7 Å². The number of benzene rings is 5. The van der Waals surface area contributed by atoms with Crippen LogP contribution >= 0.6 is 23.5 Å². The van der Waals surface area contributed by atoms with Crippen molar-refractivity contribution in [3.63, 3.8) is 0 Å². The van der Waals surface area contributed by atoms with Gasteiger partial charge in [0.05, 0.1) is 66.1 Å². The molecule has 0 fully saturated rings. The van der Waals surface area contributed by atoms with Crippen LogP contribution in [0.2, 0.25) is 5.02 Å². The molecule has 2 heterocycles. The Balaban J connectivity index is 0.000000282. The molecular weight excluding hydrogens is 1000 g/mol. The van der Waals surface area contributed by atoms with Crippen molar-refractivity contribution in [2.45, 2.75) is 59.3 Å². The van der Waals surface area contributed by atoms with Gasteiger partial charge in [-0.15, -0.1) is 0 Å². The van der Waals surface area contributed by atoms with Crippen molar-refractivity contribution >= 4 is 108 Å². The number of sulfonamides is 1. The molecule has 0 atom stereocenters. The first-order valence-electron chi connectivity index (χ1n) is 23.3. The largest absolute Gasteiger partial charge is 0.497 e. The first kappa shape index (κ1) is 58.9. The number of carbonyl (C=O) groups is 2. The van der Waals surface area contributed by atoms with Crippen LogP contribution < -0.4 is 50.7 Å². The van der Waals surface area contributed by atoms with Gasteiger partial charge in [0.2, 0.25) is 11.8 Å². The van der Waals surface area contributed by atoms with Crippen molar-refractivity contribution in [2.75, 3.05) is 60.3 Å². The predicted molar refractivity (Wildman–Crippen MR) is 303 cm³/mol. The van der Waals surface area contributed by atoms with Crippen molar-refractivity contribution in [3.05, 3.63) is 137 Å². The Labute approximate surface area is 442 Å². The number of allylic oxidation sites excluding steroid dienone is 3. The number of hydrogen-bond acceptors (Lipinski definition) is 16. The highest BCUT2D eigenvalue weighted by Crippen LogP contribution is 2.34. The molecule has 0 aliphatic heterocycles. The molecule has 0 radical (unpaired) electrons. The molecule has 0 saturated heterocycles. The summed E-state index contributed by atoms with van der Waals surface area (Å²) in [6.07, 6.45) is 3.15. The topological polar surface area (TPSA) is 246 Å². The highest BCUT2D eigenvalue weighted by atomic mass is 35.5. The quantitative estimate of drug-likeness (QED) is 0.0294. The van der Waals surface area contributed by atoms with Crippen LogP contribution in [-0.2, 0) is 19.6 Å². The second-order valence-electron chi connectivity index (χ2n) is 15.8. The fourth-order valence-corrected chi connectivity index (χ4v) is 8.33. The highest BCUT2D eigenvalue weighted by molar-refractivity contribution is 8.00. The molecule has 74 heavy (non-hydrogen) atoms. The summed E-state index contributed by atoms with van der Waals surface area (Å²) in [5, 5.41) is 13.7. The molecule has 0 aliphatic rings. The summed E-state index contributed by atoms with van der Waals surface area (Å²) in [6.45, 7) is 11.7. The van der Waals surface area contributed by atoms with Crippen LogP contribution in [0.15, 0.2) is 137 Å². The minimum Gasteiger partial charge on any atom is -0.497 e. The third-order valence-electron chi connectivity index (χ3n) is 9.50. The number of halogens is 1. The number of methoxy groups -OCH3 is 3. The van der Waals surface area contributed by atoms with Gasteiger partial charge in [-0.3, -0.25) is 14.3 Å². The van der Waals surface area contributed by atoms with Crippen LogP contribution in [0.1, 0.15) is 54.4 Å². The number of likely N-dealkylation sites (N-methyl/N-ethyl adjacent to an activating group) is 1. The maximum absolute atomic E-state index is 12.7. The number of fused-ring (bicyclic) bond motifs is 2. The first-order chi connectivity index (χ1) is 35.5. The fourth-order valence-electron chi connectivity index (χ4n) is 6.44. The van der Waals surface area contributed by atoms with E-state index < -0.39 is 10.0 Å². The molecule has 21 heteroatoms. The number of nitrogens with one attached hydrogen (secondary N) is 6. The Hall–Kier alpha value is -7.65. The lowest BCUT2D eigenvalue weighted by molar-refractivity contribution is -0.118. The van der Waals surface area contributed by atoms with Gasteiger partial charge in [0.1, 0.15) is 17.2 Å². The molecule has 0 spiro atoms. The van der Waals surface area contributed by atoms with E-state index in [9.17, 15) is 18.0 Å². The molecule has 392 valence electrons. The van der Waals surface area contributed by atoms with Crippen molar-refractivity contribution < 1.29 is 32.2 Å². The minimum absolute atomic E-state index is 0.0545. The number of ether oxygens (including phenoxy) is 3. The Morgan fingerprint density at radius 3 is 1.76 bits per heavy atom. The SMILES string of the molecule is CC.CCCC(N)=O.CNCC(=O)Nc1cccc(SNc2nc3ccccc3nc2Nc2cc(OC)cc(OC)c2)c1.COc1ccc(Cl)c(Nc2nc3ccccc3nc2NS(=O)(=O)/C=C(\C)C=C(C)C)c1. The van der Waals surface area contributed by atoms with E-state index in [1.807, 2.05) is 101 Å². The number of hydrogen-bond donors (Lipinski definition) is 7. The van der Waals surface area contributed by atoms with Crippen LogP contribution in [-0.4, -0.2) is 75.1 Å². The molecule has 7 aromatic rings. The van der Waals surface area contributed by atoms with Gasteiger partial charge in [0.25, 0.3) is 10.0 Å². The van der Waals surface area contributed by atoms with Crippen LogP contribution in [0.4, 0.5) is 40.3 Å². The van der Waals surface area contributed by atoms with E-state index in [0.29, 0.717) is 68.3 Å². The minimum atomic E-state index is -3.84. The maximum Gasteiger partial charge on any atom is 0.256 e. The predicted octanol–water partition coefficient (Wildman–Crippen LogP) is 11.6. The normalized spacial score (nSPS) is 10.7. The van der Waals surface area contributed by atoms with Crippen LogP contribution in [0.5, 0.6) is 17.2 Å². The van der Waals surface area contributed by atoms with Crippen molar-refractivity contribution in [2.24, 2.45) is 5.73 Å². The van der Waals surface area contributed by atoms with Gasteiger partial charge < -0.3 is 45.9 Å². The fraction of sp³-hybridized carbons (Fsp3) is 0.245. The Morgan fingerprint density at radius 1 is 0.689 bits per heavy atom. The highest BCUT2D eigenvalue weighted by Gasteiger charge is 2.17. The summed E-state index contributed by atoms with van der Waals surface area (Å²) < 4.78 is 47.3. The van der Waals surface area contributed by atoms with Crippen LogP contribution in [0, 0.1) is 0 Å². The third kappa shape index (κ3) is 19.1. The van der Waals surface area contributed by atoms with Crippen molar-refractivity contribution in [3.8, 4) is 17.2 Å². The average molecular weight is 1070 g/mol. The number of amides is 2. The smallest absolute Gasteiger partial charge is 0.256 e. The molecule has 7 rings (SSSR count). The van der Waals surface area contributed by atoms with Gasteiger partial charge in [-0.05, 0) is 106 Å². The Kier molecular flexibility index (Phi) is 23.7. The standard InChI is InChI=1S/C25H26N6O3S.C22H23ClN4O3S.C4H9NO.C2H6/c1-26-15-23(32)27-16-7-6-8-20(13-16)35-31-25-24(29-21-9-4-5-10-22(21)30-25)28-17-11-18(33-2)14-19(12-17)34-3;1-14(2)11-15(3)13-31(28,29)27-22-21(24-18-7-5-6-8-19(18)25-22)26-20-12-16(30-4)9-10-17(20)23;1-2-3-4(5)6;1-2/h4-14,26H,15H2,1-3H3,(H,27,32)(H,28,29)(H,30,31);5-13H,1-4H3,(H,24,26)(H,25,27);2-3H2,1H3,(H2,5,6);1-2H3/b;15-13+;;. The lowest BCUT2D eigenvalue weighted by atomic mass is 10.2. The van der Waals surface area contributed by atoms with Gasteiger partial charge in [0.15, 0.2) is 23.3 Å². The second-order valence-corrected chi connectivity index (χ2v) is 18.6. The average Bonchev–Trinajstić information content (AvgIpc) is 3.37. The molecule has 2 aromatic heterocycles.